The summed E-state index contributed by atoms with van der Waals surface area (Å²) in [5.74, 6) is -1.28. The van der Waals surface area contributed by atoms with Crippen molar-refractivity contribution in [3.63, 3.8) is 0 Å². The lowest BCUT2D eigenvalue weighted by atomic mass is 10.1. The van der Waals surface area contributed by atoms with E-state index in [0.29, 0.717) is 10.9 Å². The molecule has 0 bridgehead atoms. The van der Waals surface area contributed by atoms with Crippen molar-refractivity contribution in [3.05, 3.63) is 40.2 Å². The molecule has 0 saturated carbocycles. The predicted molar refractivity (Wildman–Crippen MR) is 89.0 cm³/mol. The van der Waals surface area contributed by atoms with Crippen LogP contribution in [0.15, 0.2) is 18.3 Å². The van der Waals surface area contributed by atoms with Gasteiger partial charge in [-0.25, -0.2) is 13.8 Å². The van der Waals surface area contributed by atoms with Gasteiger partial charge < -0.3 is 11.1 Å². The van der Waals surface area contributed by atoms with Crippen LogP contribution in [0.3, 0.4) is 0 Å². The van der Waals surface area contributed by atoms with Gasteiger partial charge in [0, 0.05) is 18.6 Å². The van der Waals surface area contributed by atoms with Crippen LogP contribution in [0.2, 0.25) is 0 Å². The molecule has 0 aromatic carbocycles. The van der Waals surface area contributed by atoms with Crippen LogP contribution in [0.1, 0.15) is 37.8 Å². The van der Waals surface area contributed by atoms with E-state index in [0.717, 1.165) is 11.3 Å². The molecule has 0 spiro atoms. The molecule has 3 heterocycles. The fourth-order valence-electron chi connectivity index (χ4n) is 2.49. The number of aryl methyl sites for hydroxylation is 2. The number of halogens is 2. The molecule has 0 aliphatic carbocycles. The minimum atomic E-state index is -2.74. The molecule has 0 saturated heterocycles. The number of rotatable bonds is 4. The molecule has 0 unspecified atom stereocenters. The number of fused-ring (bicyclic) bond motifs is 1. The number of anilines is 1. The lowest BCUT2D eigenvalue weighted by Crippen LogP contribution is -2.19. The Morgan fingerprint density at radius 1 is 1.40 bits per heavy atom. The second-order valence-electron chi connectivity index (χ2n) is 5.31. The summed E-state index contributed by atoms with van der Waals surface area (Å²) < 4.78 is 27.3. The number of primary amides is 1. The van der Waals surface area contributed by atoms with E-state index in [1.54, 1.807) is 14.0 Å². The molecule has 3 N–H and O–H groups in total. The zero-order chi connectivity index (χ0) is 18.3. The molecule has 0 atom stereocenters. The van der Waals surface area contributed by atoms with Crippen LogP contribution in [0, 0.1) is 6.92 Å². The van der Waals surface area contributed by atoms with Crippen LogP contribution >= 0.6 is 11.3 Å². The molecule has 0 aliphatic heterocycles. The summed E-state index contributed by atoms with van der Waals surface area (Å²) in [5, 5.41) is 6.95. The lowest BCUT2D eigenvalue weighted by Gasteiger charge is -2.08. The number of amides is 2. The molecule has 3 rings (SSSR count). The highest BCUT2D eigenvalue weighted by molar-refractivity contribution is 7.21. The van der Waals surface area contributed by atoms with E-state index in [1.807, 2.05) is 0 Å². The average molecular weight is 365 g/mol. The molecule has 0 fully saturated rings. The van der Waals surface area contributed by atoms with Gasteiger partial charge in [-0.3, -0.25) is 14.3 Å². The first-order valence-corrected chi connectivity index (χ1v) is 7.92. The number of pyridine rings is 1. The van der Waals surface area contributed by atoms with E-state index in [9.17, 15) is 18.4 Å². The number of nitrogens with one attached hydrogen (secondary N) is 1. The fraction of sp³-hybridized carbons (Fsp3) is 0.200. The van der Waals surface area contributed by atoms with E-state index in [2.05, 4.69) is 15.4 Å². The topological polar surface area (TPSA) is 103 Å². The monoisotopic (exact) mass is 365 g/mol. The Labute approximate surface area is 144 Å². The Hall–Kier alpha value is -2.88. The van der Waals surface area contributed by atoms with Crippen molar-refractivity contribution >= 4 is 39.1 Å². The standard InChI is InChI=1S/C15H13F2N5O2S/c1-6-5-7(12(16)17)20-15-9(6)10(11(25-15)13(18)23)21-14(24)8-3-4-19-22(8)2/h3-5,12H,1-2H3,(H2,18,23)(H,21,24). The first kappa shape index (κ1) is 17.0. The van der Waals surface area contributed by atoms with Crippen molar-refractivity contribution in [3.8, 4) is 0 Å². The van der Waals surface area contributed by atoms with Gasteiger partial charge in [0.2, 0.25) is 0 Å². The summed E-state index contributed by atoms with van der Waals surface area (Å²) in [7, 11) is 1.59. The summed E-state index contributed by atoms with van der Waals surface area (Å²) in [4.78, 5) is 28.3. The van der Waals surface area contributed by atoms with Gasteiger partial charge in [0.1, 0.15) is 21.1 Å². The van der Waals surface area contributed by atoms with E-state index < -0.39 is 23.9 Å². The SMILES string of the molecule is Cc1cc(C(F)F)nc2sc(C(N)=O)c(NC(=O)c3ccnn3C)c12. The fourth-order valence-corrected chi connectivity index (χ4v) is 3.55. The quantitative estimate of drug-likeness (QED) is 0.742. The third kappa shape index (κ3) is 2.95. The van der Waals surface area contributed by atoms with Gasteiger partial charge in [0.15, 0.2) is 0 Å². The third-order valence-electron chi connectivity index (χ3n) is 3.62. The Kier molecular flexibility index (Phi) is 4.21. The lowest BCUT2D eigenvalue weighted by molar-refractivity contribution is 0.100. The predicted octanol–water partition coefficient (Wildman–Crippen LogP) is 2.63. The van der Waals surface area contributed by atoms with Gasteiger partial charge in [-0.05, 0) is 24.6 Å². The molecular weight excluding hydrogens is 352 g/mol. The molecule has 3 aromatic rings. The van der Waals surface area contributed by atoms with Gasteiger partial charge in [0.25, 0.3) is 18.2 Å². The summed E-state index contributed by atoms with van der Waals surface area (Å²) in [6, 6.07) is 2.73. The number of hydrogen-bond acceptors (Lipinski definition) is 5. The number of hydrogen-bond donors (Lipinski definition) is 2. The summed E-state index contributed by atoms with van der Waals surface area (Å²) >= 11 is 0.865. The van der Waals surface area contributed by atoms with Gasteiger partial charge in [-0.1, -0.05) is 0 Å². The Balaban J connectivity index is 2.15. The molecule has 7 nitrogen and oxygen atoms in total. The number of alkyl halides is 2. The molecule has 2 amide bonds. The third-order valence-corrected chi connectivity index (χ3v) is 4.72. The maximum absolute atomic E-state index is 13.0. The van der Waals surface area contributed by atoms with Crippen LogP contribution in [0.5, 0.6) is 0 Å². The van der Waals surface area contributed by atoms with E-state index >= 15 is 0 Å². The number of nitrogens with two attached hydrogens (primary N) is 1. The van der Waals surface area contributed by atoms with E-state index in [-0.39, 0.29) is 21.1 Å². The van der Waals surface area contributed by atoms with Crippen LogP contribution in [-0.4, -0.2) is 26.6 Å². The van der Waals surface area contributed by atoms with Crippen LogP contribution < -0.4 is 11.1 Å². The average Bonchev–Trinajstić information content (AvgIpc) is 3.11. The van der Waals surface area contributed by atoms with Gasteiger partial charge in [-0.15, -0.1) is 11.3 Å². The van der Waals surface area contributed by atoms with Crippen molar-refractivity contribution in [1.29, 1.82) is 0 Å². The van der Waals surface area contributed by atoms with E-state index in [4.69, 9.17) is 5.73 Å². The number of aromatic nitrogens is 3. The number of carbonyl (C=O) groups excluding carboxylic acids is 2. The van der Waals surface area contributed by atoms with Crippen molar-refractivity contribution in [2.24, 2.45) is 12.8 Å². The highest BCUT2D eigenvalue weighted by Crippen LogP contribution is 2.38. The van der Waals surface area contributed by atoms with Gasteiger partial charge >= 0.3 is 0 Å². The van der Waals surface area contributed by atoms with Crippen LogP contribution in [0.25, 0.3) is 10.2 Å². The van der Waals surface area contributed by atoms with Crippen molar-refractivity contribution < 1.29 is 18.4 Å². The highest BCUT2D eigenvalue weighted by Gasteiger charge is 2.24. The molecule has 130 valence electrons. The highest BCUT2D eigenvalue weighted by atomic mass is 32.1. The smallest absolute Gasteiger partial charge is 0.280 e. The maximum Gasteiger partial charge on any atom is 0.280 e. The number of carbonyl (C=O) groups is 2. The molecule has 0 aliphatic rings. The first-order valence-electron chi connectivity index (χ1n) is 7.11. The van der Waals surface area contributed by atoms with Crippen LogP contribution in [0.4, 0.5) is 14.5 Å². The molecular formula is C15H13F2N5O2S. The zero-order valence-corrected chi connectivity index (χ0v) is 14.0. The Morgan fingerprint density at radius 3 is 2.68 bits per heavy atom. The maximum atomic E-state index is 13.0. The minimum absolute atomic E-state index is 0.0486. The second kappa shape index (κ2) is 6.20. The first-order chi connectivity index (χ1) is 11.8. The summed E-state index contributed by atoms with van der Waals surface area (Å²) in [6.07, 6.45) is -1.29. The zero-order valence-electron chi connectivity index (χ0n) is 13.2. The summed E-state index contributed by atoms with van der Waals surface area (Å²) in [5.41, 5.74) is 5.88. The molecule has 3 aromatic heterocycles. The minimum Gasteiger partial charge on any atom is -0.365 e. The van der Waals surface area contributed by atoms with Gasteiger partial charge in [0.05, 0.1) is 5.69 Å². The number of thiophene rings is 1. The number of nitrogens with zero attached hydrogens (tertiary/aromatic N) is 3. The van der Waals surface area contributed by atoms with Crippen molar-refractivity contribution in [2.45, 2.75) is 13.3 Å². The Bertz CT molecular complexity index is 995. The second-order valence-corrected chi connectivity index (χ2v) is 6.31. The van der Waals surface area contributed by atoms with Gasteiger partial charge in [-0.2, -0.15) is 5.10 Å². The van der Waals surface area contributed by atoms with Crippen molar-refractivity contribution in [1.82, 2.24) is 14.8 Å². The molecule has 10 heteroatoms. The van der Waals surface area contributed by atoms with Crippen LogP contribution in [-0.2, 0) is 7.05 Å². The summed E-state index contributed by atoms with van der Waals surface area (Å²) in [6.45, 7) is 1.60. The molecule has 25 heavy (non-hydrogen) atoms. The van der Waals surface area contributed by atoms with Crippen molar-refractivity contribution in [2.75, 3.05) is 5.32 Å². The largest absolute Gasteiger partial charge is 0.365 e. The Morgan fingerprint density at radius 2 is 2.12 bits per heavy atom. The van der Waals surface area contributed by atoms with E-state index in [1.165, 1.54) is 23.0 Å². The normalized spacial score (nSPS) is 11.2. The molecule has 0 radical (unpaired) electrons.